The largest absolute Gasteiger partial charge is 0.370 e. The standard InChI is InChI=1S/C21H27N3O3S/c1-28(26,27)20-7-4-17(5-8-20)6-9-21(25)23-15-18-10-13-24(14-11-18)19-3-2-12-22-16-19/h2-5,7-8,12,16,18H,6,9-11,13-15H2,1H3,(H,23,25). The summed E-state index contributed by atoms with van der Waals surface area (Å²) in [5, 5.41) is 3.05. The number of amides is 1. The Hall–Kier alpha value is -2.41. The molecule has 0 unspecified atom stereocenters. The highest BCUT2D eigenvalue weighted by molar-refractivity contribution is 7.90. The monoisotopic (exact) mass is 401 g/mol. The van der Waals surface area contributed by atoms with E-state index in [2.05, 4.69) is 21.3 Å². The van der Waals surface area contributed by atoms with Gasteiger partial charge in [0.05, 0.1) is 16.8 Å². The second-order valence-corrected chi connectivity index (χ2v) is 9.38. The number of nitrogens with zero attached hydrogens (tertiary/aromatic N) is 2. The fourth-order valence-corrected chi connectivity index (χ4v) is 4.07. The predicted molar refractivity (Wildman–Crippen MR) is 110 cm³/mol. The number of piperidine rings is 1. The van der Waals surface area contributed by atoms with Crippen molar-refractivity contribution in [3.05, 3.63) is 54.4 Å². The van der Waals surface area contributed by atoms with Crippen LogP contribution >= 0.6 is 0 Å². The van der Waals surface area contributed by atoms with Crippen LogP contribution in [0.25, 0.3) is 0 Å². The minimum atomic E-state index is -3.18. The van der Waals surface area contributed by atoms with Crippen molar-refractivity contribution in [1.82, 2.24) is 10.3 Å². The molecule has 28 heavy (non-hydrogen) atoms. The second kappa shape index (κ2) is 9.19. The fourth-order valence-electron chi connectivity index (χ4n) is 3.44. The maximum Gasteiger partial charge on any atom is 0.220 e. The smallest absolute Gasteiger partial charge is 0.220 e. The fraction of sp³-hybridized carbons (Fsp3) is 0.429. The summed E-state index contributed by atoms with van der Waals surface area (Å²) in [6.07, 6.45) is 8.00. The van der Waals surface area contributed by atoms with Gasteiger partial charge >= 0.3 is 0 Å². The Labute approximate surface area is 166 Å². The van der Waals surface area contributed by atoms with Crippen LogP contribution in [0.3, 0.4) is 0 Å². The van der Waals surface area contributed by atoms with Crippen LogP contribution in [0.15, 0.2) is 53.7 Å². The van der Waals surface area contributed by atoms with Crippen molar-refractivity contribution in [3.63, 3.8) is 0 Å². The Bertz CT molecular complexity index is 875. The zero-order valence-corrected chi connectivity index (χ0v) is 17.0. The molecule has 1 aromatic carbocycles. The van der Waals surface area contributed by atoms with Crippen molar-refractivity contribution < 1.29 is 13.2 Å². The molecule has 2 aromatic rings. The third-order valence-corrected chi connectivity index (χ3v) is 6.33. The molecule has 1 amide bonds. The van der Waals surface area contributed by atoms with Gasteiger partial charge in [0.15, 0.2) is 9.84 Å². The van der Waals surface area contributed by atoms with Crippen molar-refractivity contribution in [2.24, 2.45) is 5.92 Å². The van der Waals surface area contributed by atoms with Gasteiger partial charge in [-0.2, -0.15) is 0 Å². The van der Waals surface area contributed by atoms with Gasteiger partial charge in [-0.25, -0.2) is 8.42 Å². The van der Waals surface area contributed by atoms with E-state index in [0.717, 1.165) is 37.2 Å². The van der Waals surface area contributed by atoms with Crippen molar-refractivity contribution in [3.8, 4) is 0 Å². The molecule has 1 N–H and O–H groups in total. The molecule has 1 aromatic heterocycles. The Morgan fingerprint density at radius 3 is 2.50 bits per heavy atom. The normalized spacial score (nSPS) is 15.4. The van der Waals surface area contributed by atoms with E-state index in [1.165, 1.54) is 6.26 Å². The molecular weight excluding hydrogens is 374 g/mol. The van der Waals surface area contributed by atoms with E-state index in [1.54, 1.807) is 30.5 Å². The van der Waals surface area contributed by atoms with E-state index < -0.39 is 9.84 Å². The van der Waals surface area contributed by atoms with Crippen LogP contribution in [0.4, 0.5) is 5.69 Å². The number of benzene rings is 1. The molecule has 0 atom stereocenters. The SMILES string of the molecule is CS(=O)(=O)c1ccc(CCC(=O)NCC2CCN(c3cccnc3)CC2)cc1. The molecule has 3 rings (SSSR count). The number of nitrogens with one attached hydrogen (secondary N) is 1. The first-order valence-corrected chi connectivity index (χ1v) is 11.5. The van der Waals surface area contributed by atoms with Gasteiger partial charge < -0.3 is 10.2 Å². The van der Waals surface area contributed by atoms with Gasteiger partial charge in [0.1, 0.15) is 0 Å². The molecule has 7 heteroatoms. The number of aromatic nitrogens is 1. The summed E-state index contributed by atoms with van der Waals surface area (Å²) >= 11 is 0. The molecule has 0 aliphatic carbocycles. The maximum atomic E-state index is 12.1. The number of aryl methyl sites for hydroxylation is 1. The molecule has 1 aliphatic heterocycles. The van der Waals surface area contributed by atoms with Gasteiger partial charge in [0.2, 0.25) is 5.91 Å². The number of anilines is 1. The number of carbonyl (C=O) groups excluding carboxylic acids is 1. The first-order valence-electron chi connectivity index (χ1n) is 9.62. The maximum absolute atomic E-state index is 12.1. The van der Waals surface area contributed by atoms with Crippen LogP contribution in [0.2, 0.25) is 0 Å². The van der Waals surface area contributed by atoms with E-state index in [4.69, 9.17) is 0 Å². The van der Waals surface area contributed by atoms with E-state index in [1.807, 2.05) is 12.3 Å². The van der Waals surface area contributed by atoms with E-state index in [0.29, 0.717) is 30.2 Å². The Balaban J connectivity index is 1.37. The lowest BCUT2D eigenvalue weighted by Gasteiger charge is -2.33. The number of hydrogen-bond donors (Lipinski definition) is 1. The molecule has 2 heterocycles. The second-order valence-electron chi connectivity index (χ2n) is 7.36. The lowest BCUT2D eigenvalue weighted by atomic mass is 9.96. The minimum absolute atomic E-state index is 0.0434. The average molecular weight is 402 g/mol. The summed E-state index contributed by atoms with van der Waals surface area (Å²) in [7, 11) is -3.18. The Morgan fingerprint density at radius 2 is 1.89 bits per heavy atom. The van der Waals surface area contributed by atoms with Crippen molar-refractivity contribution >= 4 is 21.4 Å². The zero-order valence-electron chi connectivity index (χ0n) is 16.2. The third-order valence-electron chi connectivity index (χ3n) is 5.21. The van der Waals surface area contributed by atoms with Crippen LogP contribution in [-0.4, -0.2) is 45.2 Å². The number of sulfone groups is 1. The quantitative estimate of drug-likeness (QED) is 0.771. The number of pyridine rings is 1. The predicted octanol–water partition coefficient (Wildman–Crippen LogP) is 2.45. The van der Waals surface area contributed by atoms with Crippen LogP contribution in [0, 0.1) is 5.92 Å². The van der Waals surface area contributed by atoms with Crippen molar-refractivity contribution in [1.29, 1.82) is 0 Å². The lowest BCUT2D eigenvalue weighted by molar-refractivity contribution is -0.121. The highest BCUT2D eigenvalue weighted by atomic mass is 32.2. The van der Waals surface area contributed by atoms with Crippen LogP contribution < -0.4 is 10.2 Å². The summed E-state index contributed by atoms with van der Waals surface area (Å²) < 4.78 is 23.0. The first kappa shape index (κ1) is 20.3. The average Bonchev–Trinajstić information content (AvgIpc) is 2.71. The van der Waals surface area contributed by atoms with Crippen LogP contribution in [0.5, 0.6) is 0 Å². The highest BCUT2D eigenvalue weighted by Crippen LogP contribution is 2.22. The number of rotatable bonds is 7. The van der Waals surface area contributed by atoms with E-state index in [-0.39, 0.29) is 5.91 Å². The van der Waals surface area contributed by atoms with Crippen LogP contribution in [-0.2, 0) is 21.1 Å². The molecule has 0 saturated carbocycles. The molecule has 1 aliphatic rings. The Kier molecular flexibility index (Phi) is 6.67. The van der Waals surface area contributed by atoms with Crippen LogP contribution in [0.1, 0.15) is 24.8 Å². The molecule has 1 saturated heterocycles. The summed E-state index contributed by atoms with van der Waals surface area (Å²) in [4.78, 5) is 19.0. The molecule has 1 fully saturated rings. The van der Waals surface area contributed by atoms with Gasteiger partial charge in [0.25, 0.3) is 0 Å². The number of hydrogen-bond acceptors (Lipinski definition) is 5. The minimum Gasteiger partial charge on any atom is -0.370 e. The zero-order chi connectivity index (χ0) is 20.0. The van der Waals surface area contributed by atoms with Gasteiger partial charge in [-0.1, -0.05) is 12.1 Å². The lowest BCUT2D eigenvalue weighted by Crippen LogP contribution is -2.38. The van der Waals surface area contributed by atoms with Gasteiger partial charge in [-0.05, 0) is 55.0 Å². The molecule has 6 nitrogen and oxygen atoms in total. The van der Waals surface area contributed by atoms with E-state index in [9.17, 15) is 13.2 Å². The van der Waals surface area contributed by atoms with E-state index >= 15 is 0 Å². The number of carbonyl (C=O) groups is 1. The molecule has 150 valence electrons. The molecule has 0 spiro atoms. The molecular formula is C21H27N3O3S. The van der Waals surface area contributed by atoms with Crippen molar-refractivity contribution in [2.75, 3.05) is 30.8 Å². The summed E-state index contributed by atoms with van der Waals surface area (Å²) in [5.41, 5.74) is 2.12. The molecule has 0 radical (unpaired) electrons. The topological polar surface area (TPSA) is 79.4 Å². The third kappa shape index (κ3) is 5.79. The van der Waals surface area contributed by atoms with Gasteiger partial charge in [-0.15, -0.1) is 0 Å². The Morgan fingerprint density at radius 1 is 1.18 bits per heavy atom. The summed E-state index contributed by atoms with van der Waals surface area (Å²) in [5.74, 6) is 0.549. The molecule has 0 bridgehead atoms. The summed E-state index contributed by atoms with van der Waals surface area (Å²) in [6, 6.07) is 10.8. The van der Waals surface area contributed by atoms with Gasteiger partial charge in [0, 0.05) is 38.5 Å². The summed E-state index contributed by atoms with van der Waals surface area (Å²) in [6.45, 7) is 2.69. The first-order chi connectivity index (χ1) is 13.4. The highest BCUT2D eigenvalue weighted by Gasteiger charge is 2.20. The van der Waals surface area contributed by atoms with Gasteiger partial charge in [-0.3, -0.25) is 9.78 Å². The van der Waals surface area contributed by atoms with Crippen molar-refractivity contribution in [2.45, 2.75) is 30.6 Å².